The van der Waals surface area contributed by atoms with Crippen LogP contribution in [0.2, 0.25) is 0 Å². The first-order valence-corrected chi connectivity index (χ1v) is 6.27. The third kappa shape index (κ3) is 3.27. The first-order chi connectivity index (χ1) is 7.72. The van der Waals surface area contributed by atoms with Crippen LogP contribution < -0.4 is 5.32 Å². The topological polar surface area (TPSA) is 37.8 Å². The van der Waals surface area contributed by atoms with E-state index >= 15 is 0 Å². The zero-order valence-electron chi connectivity index (χ0n) is 10.8. The standard InChI is InChI=1S/C13H23N3/c1-5-11-8-13(16-9-15-11)10(4)12(6-2)14-7-3/h8-10,12,14H,5-7H2,1-4H3. The van der Waals surface area contributed by atoms with Gasteiger partial charge >= 0.3 is 0 Å². The lowest BCUT2D eigenvalue weighted by atomic mass is 9.95. The number of likely N-dealkylation sites (N-methyl/N-ethyl adjacent to an activating group) is 1. The molecular weight excluding hydrogens is 198 g/mol. The number of hydrogen-bond acceptors (Lipinski definition) is 3. The molecule has 0 saturated heterocycles. The summed E-state index contributed by atoms with van der Waals surface area (Å²) < 4.78 is 0. The lowest BCUT2D eigenvalue weighted by molar-refractivity contribution is 0.442. The van der Waals surface area contributed by atoms with Crippen molar-refractivity contribution in [1.82, 2.24) is 15.3 Å². The summed E-state index contributed by atoms with van der Waals surface area (Å²) in [5.74, 6) is 0.443. The van der Waals surface area contributed by atoms with Gasteiger partial charge in [0, 0.05) is 23.3 Å². The summed E-state index contributed by atoms with van der Waals surface area (Å²) in [6.07, 6.45) is 3.78. The Morgan fingerprint density at radius 2 is 2.00 bits per heavy atom. The van der Waals surface area contributed by atoms with Crippen LogP contribution in [0.1, 0.15) is 51.4 Å². The van der Waals surface area contributed by atoms with Crippen molar-refractivity contribution >= 4 is 0 Å². The molecule has 2 unspecified atom stereocenters. The molecule has 0 spiro atoms. The summed E-state index contributed by atoms with van der Waals surface area (Å²) in [7, 11) is 0. The number of nitrogens with one attached hydrogen (secondary N) is 1. The largest absolute Gasteiger partial charge is 0.314 e. The van der Waals surface area contributed by atoms with Crippen LogP contribution in [0, 0.1) is 0 Å². The minimum atomic E-state index is 0.443. The molecule has 0 radical (unpaired) electrons. The van der Waals surface area contributed by atoms with Crippen LogP contribution in [-0.4, -0.2) is 22.6 Å². The van der Waals surface area contributed by atoms with Crippen LogP contribution in [0.3, 0.4) is 0 Å². The summed E-state index contributed by atoms with van der Waals surface area (Å²) in [5, 5.41) is 3.51. The third-order valence-electron chi connectivity index (χ3n) is 3.08. The summed E-state index contributed by atoms with van der Waals surface area (Å²) in [5.41, 5.74) is 2.28. The van der Waals surface area contributed by atoms with Crippen LogP contribution in [0.15, 0.2) is 12.4 Å². The van der Waals surface area contributed by atoms with E-state index in [0.717, 1.165) is 30.8 Å². The van der Waals surface area contributed by atoms with Gasteiger partial charge in [0.2, 0.25) is 0 Å². The molecule has 0 aliphatic rings. The molecule has 1 rings (SSSR count). The van der Waals surface area contributed by atoms with Gasteiger partial charge in [-0.15, -0.1) is 0 Å². The fraction of sp³-hybridized carbons (Fsp3) is 0.692. The molecule has 1 aromatic heterocycles. The second-order valence-corrected chi connectivity index (χ2v) is 4.15. The molecule has 90 valence electrons. The SMILES string of the molecule is CCNC(CC)C(C)c1cc(CC)ncn1. The van der Waals surface area contributed by atoms with Crippen molar-refractivity contribution in [1.29, 1.82) is 0 Å². The van der Waals surface area contributed by atoms with Gasteiger partial charge in [-0.05, 0) is 25.5 Å². The molecule has 0 aromatic carbocycles. The number of nitrogens with zero attached hydrogens (tertiary/aromatic N) is 2. The van der Waals surface area contributed by atoms with E-state index in [1.165, 1.54) is 0 Å². The van der Waals surface area contributed by atoms with Gasteiger partial charge in [-0.2, -0.15) is 0 Å². The predicted molar refractivity (Wildman–Crippen MR) is 67.6 cm³/mol. The highest BCUT2D eigenvalue weighted by atomic mass is 14.9. The van der Waals surface area contributed by atoms with E-state index < -0.39 is 0 Å². The van der Waals surface area contributed by atoms with Crippen molar-refractivity contribution in [3.63, 3.8) is 0 Å². The highest BCUT2D eigenvalue weighted by Crippen LogP contribution is 2.19. The summed E-state index contributed by atoms with van der Waals surface area (Å²) in [6.45, 7) is 9.73. The fourth-order valence-corrected chi connectivity index (χ4v) is 2.00. The van der Waals surface area contributed by atoms with E-state index in [1.807, 2.05) is 0 Å². The molecule has 16 heavy (non-hydrogen) atoms. The van der Waals surface area contributed by atoms with Gasteiger partial charge in [0.1, 0.15) is 6.33 Å². The second kappa shape index (κ2) is 6.59. The first kappa shape index (κ1) is 13.1. The number of aryl methyl sites for hydroxylation is 1. The van der Waals surface area contributed by atoms with Crippen LogP contribution in [0.5, 0.6) is 0 Å². The van der Waals surface area contributed by atoms with Gasteiger partial charge in [-0.1, -0.05) is 27.7 Å². The molecule has 1 heterocycles. The first-order valence-electron chi connectivity index (χ1n) is 6.27. The Kier molecular flexibility index (Phi) is 5.39. The van der Waals surface area contributed by atoms with E-state index in [2.05, 4.69) is 49.0 Å². The minimum Gasteiger partial charge on any atom is -0.314 e. The maximum Gasteiger partial charge on any atom is 0.115 e. The van der Waals surface area contributed by atoms with Gasteiger partial charge in [0.25, 0.3) is 0 Å². The van der Waals surface area contributed by atoms with Crippen LogP contribution in [0.25, 0.3) is 0 Å². The van der Waals surface area contributed by atoms with Gasteiger partial charge in [0.05, 0.1) is 0 Å². The van der Waals surface area contributed by atoms with E-state index in [1.54, 1.807) is 6.33 Å². The fourth-order valence-electron chi connectivity index (χ4n) is 2.00. The molecule has 0 bridgehead atoms. The van der Waals surface area contributed by atoms with Gasteiger partial charge in [0.15, 0.2) is 0 Å². The number of hydrogen-bond donors (Lipinski definition) is 1. The van der Waals surface area contributed by atoms with Crippen molar-refractivity contribution in [3.8, 4) is 0 Å². The molecule has 1 aromatic rings. The average Bonchev–Trinajstić information content (AvgIpc) is 2.35. The Hall–Kier alpha value is -0.960. The Bertz CT molecular complexity index is 312. The molecule has 2 atom stereocenters. The zero-order chi connectivity index (χ0) is 12.0. The zero-order valence-corrected chi connectivity index (χ0v) is 10.8. The number of rotatable bonds is 6. The smallest absolute Gasteiger partial charge is 0.115 e. The maximum absolute atomic E-state index is 4.39. The van der Waals surface area contributed by atoms with E-state index in [4.69, 9.17) is 0 Å². The lowest BCUT2D eigenvalue weighted by Crippen LogP contribution is -2.33. The Balaban J connectivity index is 2.80. The van der Waals surface area contributed by atoms with Crippen LogP contribution in [0.4, 0.5) is 0 Å². The molecule has 0 amide bonds. The van der Waals surface area contributed by atoms with Gasteiger partial charge in [-0.3, -0.25) is 0 Å². The Morgan fingerprint density at radius 1 is 1.25 bits per heavy atom. The van der Waals surface area contributed by atoms with Crippen molar-refractivity contribution in [2.45, 2.75) is 52.5 Å². The van der Waals surface area contributed by atoms with E-state index in [-0.39, 0.29) is 0 Å². The van der Waals surface area contributed by atoms with Crippen molar-refractivity contribution < 1.29 is 0 Å². The quantitative estimate of drug-likeness (QED) is 0.802. The van der Waals surface area contributed by atoms with Crippen molar-refractivity contribution in [3.05, 3.63) is 23.8 Å². The Morgan fingerprint density at radius 3 is 2.56 bits per heavy atom. The monoisotopic (exact) mass is 221 g/mol. The molecule has 0 fully saturated rings. The normalized spacial score (nSPS) is 14.8. The maximum atomic E-state index is 4.39. The average molecular weight is 221 g/mol. The van der Waals surface area contributed by atoms with Gasteiger partial charge < -0.3 is 5.32 Å². The Labute approximate surface area is 98.7 Å². The third-order valence-corrected chi connectivity index (χ3v) is 3.08. The van der Waals surface area contributed by atoms with Gasteiger partial charge in [-0.25, -0.2) is 9.97 Å². The van der Waals surface area contributed by atoms with E-state index in [9.17, 15) is 0 Å². The summed E-state index contributed by atoms with van der Waals surface area (Å²) in [4.78, 5) is 8.63. The molecule has 0 saturated carbocycles. The molecule has 1 N–H and O–H groups in total. The van der Waals surface area contributed by atoms with Crippen molar-refractivity contribution in [2.24, 2.45) is 0 Å². The number of aromatic nitrogens is 2. The highest BCUT2D eigenvalue weighted by Gasteiger charge is 2.17. The predicted octanol–water partition coefficient (Wildman–Crippen LogP) is 2.53. The molecule has 3 nitrogen and oxygen atoms in total. The lowest BCUT2D eigenvalue weighted by Gasteiger charge is -2.23. The second-order valence-electron chi connectivity index (χ2n) is 4.15. The molecular formula is C13H23N3. The van der Waals surface area contributed by atoms with Crippen LogP contribution in [-0.2, 0) is 6.42 Å². The molecule has 0 aliphatic heterocycles. The molecule has 3 heteroatoms. The summed E-state index contributed by atoms with van der Waals surface area (Å²) in [6, 6.07) is 2.63. The van der Waals surface area contributed by atoms with Crippen molar-refractivity contribution in [2.75, 3.05) is 6.54 Å². The minimum absolute atomic E-state index is 0.443. The van der Waals surface area contributed by atoms with E-state index in [0.29, 0.717) is 12.0 Å². The summed E-state index contributed by atoms with van der Waals surface area (Å²) >= 11 is 0. The highest BCUT2D eigenvalue weighted by molar-refractivity contribution is 5.14. The molecule has 0 aliphatic carbocycles. The van der Waals surface area contributed by atoms with Crippen LogP contribution >= 0.6 is 0 Å².